The monoisotopic (exact) mass is 518 g/mol. The van der Waals surface area contributed by atoms with Crippen LogP contribution >= 0.6 is 11.3 Å². The summed E-state index contributed by atoms with van der Waals surface area (Å²) in [6.45, 7) is 2.99. The zero-order valence-corrected chi connectivity index (χ0v) is 21.6. The smallest absolute Gasteiger partial charge is 0.234 e. The first-order valence-corrected chi connectivity index (χ1v) is 13.8. The Balaban J connectivity index is 1.03. The van der Waals surface area contributed by atoms with Gasteiger partial charge in [0, 0.05) is 47.6 Å². The Hall–Kier alpha value is -4.21. The first kappa shape index (κ1) is 22.9. The van der Waals surface area contributed by atoms with Crippen LogP contribution in [-0.2, 0) is 6.54 Å². The zero-order valence-electron chi connectivity index (χ0n) is 20.7. The van der Waals surface area contributed by atoms with E-state index in [4.69, 9.17) is 9.97 Å². The van der Waals surface area contributed by atoms with E-state index in [1.807, 2.05) is 30.5 Å². The van der Waals surface area contributed by atoms with Gasteiger partial charge in [-0.2, -0.15) is 16.4 Å². The van der Waals surface area contributed by atoms with Gasteiger partial charge in [-0.05, 0) is 61.1 Å². The maximum Gasteiger partial charge on any atom is 0.234 e. The average molecular weight is 519 g/mol. The van der Waals surface area contributed by atoms with Crippen molar-refractivity contribution in [1.29, 1.82) is 0 Å². The number of hydrogen-bond donors (Lipinski definition) is 1. The van der Waals surface area contributed by atoms with Crippen LogP contribution in [0.3, 0.4) is 0 Å². The molecule has 0 unspecified atom stereocenters. The van der Waals surface area contributed by atoms with E-state index in [-0.39, 0.29) is 0 Å². The Morgan fingerprint density at radius 3 is 2.55 bits per heavy atom. The van der Waals surface area contributed by atoms with E-state index >= 15 is 0 Å². The highest BCUT2D eigenvalue weighted by atomic mass is 32.1. The van der Waals surface area contributed by atoms with E-state index in [1.54, 1.807) is 23.7 Å². The fourth-order valence-electron chi connectivity index (χ4n) is 5.21. The Morgan fingerprint density at radius 2 is 1.76 bits per heavy atom. The third kappa shape index (κ3) is 4.40. The first-order valence-electron chi connectivity index (χ1n) is 12.8. The first-order chi connectivity index (χ1) is 18.8. The molecule has 9 heteroatoms. The van der Waals surface area contributed by atoms with Crippen molar-refractivity contribution in [2.75, 3.05) is 13.1 Å². The molecule has 0 amide bonds. The minimum atomic E-state index is 0.376. The van der Waals surface area contributed by atoms with Crippen molar-refractivity contribution in [2.24, 2.45) is 0 Å². The van der Waals surface area contributed by atoms with Gasteiger partial charge in [-0.3, -0.25) is 19.4 Å². The molecule has 0 atom stereocenters. The molecule has 0 spiro atoms. The summed E-state index contributed by atoms with van der Waals surface area (Å²) in [7, 11) is 0. The van der Waals surface area contributed by atoms with Gasteiger partial charge in [0.05, 0.1) is 11.4 Å². The summed E-state index contributed by atoms with van der Waals surface area (Å²) in [6.07, 6.45) is 7.70. The fraction of sp³-hybridized carbons (Fsp3) is 0.207. The number of nitrogens with one attached hydrogen (secondary N) is 1. The number of piperidine rings is 1. The Bertz CT molecular complexity index is 1650. The second-order valence-corrected chi connectivity index (χ2v) is 10.4. The van der Waals surface area contributed by atoms with Crippen molar-refractivity contribution in [1.82, 2.24) is 39.4 Å². The van der Waals surface area contributed by atoms with E-state index in [0.717, 1.165) is 72.3 Å². The second-order valence-electron chi connectivity index (χ2n) is 9.62. The van der Waals surface area contributed by atoms with Crippen molar-refractivity contribution < 1.29 is 0 Å². The lowest BCUT2D eigenvalue weighted by atomic mass is 9.95. The predicted molar refractivity (Wildman–Crippen MR) is 149 cm³/mol. The SMILES string of the molecule is c1ccc(-c2nc(C3CCN(Cc4ccc(-c5nc6ncccn6c5-c5ccsc5)cc4)CC3)n[nH]2)nc1. The summed E-state index contributed by atoms with van der Waals surface area (Å²) in [5.74, 6) is 2.74. The molecule has 1 aliphatic rings. The molecule has 1 fully saturated rings. The summed E-state index contributed by atoms with van der Waals surface area (Å²) in [4.78, 5) is 21.0. The van der Waals surface area contributed by atoms with Gasteiger partial charge in [0.25, 0.3) is 0 Å². The van der Waals surface area contributed by atoms with Crippen molar-refractivity contribution in [2.45, 2.75) is 25.3 Å². The van der Waals surface area contributed by atoms with Gasteiger partial charge in [-0.1, -0.05) is 30.3 Å². The lowest BCUT2D eigenvalue weighted by molar-refractivity contribution is 0.202. The van der Waals surface area contributed by atoms with E-state index in [9.17, 15) is 0 Å². The van der Waals surface area contributed by atoms with Gasteiger partial charge in [-0.25, -0.2) is 15.0 Å². The van der Waals surface area contributed by atoms with Gasteiger partial charge in [0.1, 0.15) is 5.69 Å². The van der Waals surface area contributed by atoms with Crippen LogP contribution in [0.1, 0.15) is 30.1 Å². The molecule has 6 aromatic rings. The van der Waals surface area contributed by atoms with E-state index in [1.165, 1.54) is 5.56 Å². The van der Waals surface area contributed by atoms with Crippen molar-refractivity contribution >= 4 is 17.1 Å². The molecule has 1 aliphatic heterocycles. The number of thiophene rings is 1. The zero-order chi connectivity index (χ0) is 25.3. The minimum absolute atomic E-state index is 0.376. The number of aromatic nitrogens is 7. The summed E-state index contributed by atoms with van der Waals surface area (Å²) in [5, 5.41) is 11.8. The third-order valence-electron chi connectivity index (χ3n) is 7.19. The fourth-order valence-corrected chi connectivity index (χ4v) is 5.85. The number of aromatic amines is 1. The molecule has 0 aliphatic carbocycles. The van der Waals surface area contributed by atoms with Crippen LogP contribution in [0.2, 0.25) is 0 Å². The molecular weight excluding hydrogens is 492 g/mol. The number of nitrogens with zero attached hydrogens (tertiary/aromatic N) is 7. The van der Waals surface area contributed by atoms with Gasteiger partial charge in [0.2, 0.25) is 5.78 Å². The van der Waals surface area contributed by atoms with Crippen LogP contribution in [0, 0.1) is 0 Å². The second kappa shape index (κ2) is 9.92. The Kier molecular flexibility index (Phi) is 5.99. The number of H-pyrrole nitrogens is 1. The molecule has 38 heavy (non-hydrogen) atoms. The van der Waals surface area contributed by atoms with Crippen molar-refractivity contribution in [3.63, 3.8) is 0 Å². The number of benzene rings is 1. The van der Waals surface area contributed by atoms with Crippen LogP contribution < -0.4 is 0 Å². The van der Waals surface area contributed by atoms with E-state index in [2.05, 4.69) is 70.6 Å². The summed E-state index contributed by atoms with van der Waals surface area (Å²) >= 11 is 1.69. The molecule has 1 saturated heterocycles. The van der Waals surface area contributed by atoms with Gasteiger partial charge < -0.3 is 0 Å². The highest BCUT2D eigenvalue weighted by Crippen LogP contribution is 2.34. The van der Waals surface area contributed by atoms with E-state index < -0.39 is 0 Å². The van der Waals surface area contributed by atoms with Gasteiger partial charge >= 0.3 is 0 Å². The van der Waals surface area contributed by atoms with E-state index in [0.29, 0.717) is 11.7 Å². The van der Waals surface area contributed by atoms with Crippen molar-refractivity contribution in [3.05, 3.63) is 95.3 Å². The molecular formula is C29H26N8S. The van der Waals surface area contributed by atoms with Crippen LogP contribution in [0.15, 0.2) is 83.9 Å². The summed E-state index contributed by atoms with van der Waals surface area (Å²) < 4.78 is 2.07. The third-order valence-corrected chi connectivity index (χ3v) is 7.88. The molecule has 0 radical (unpaired) electrons. The standard InChI is InChI=1S/C29H26N8S/c1-2-12-30-24(4-1)28-33-27(34-35-28)22-9-15-36(16-10-22)18-20-5-7-21(8-6-20)25-26(23-11-17-38-19-23)37-14-3-13-31-29(37)32-25/h1-8,11-14,17,19,22H,9-10,15-16,18H2,(H,33,34,35). The summed E-state index contributed by atoms with van der Waals surface area (Å²) in [5.41, 5.74) is 6.45. The van der Waals surface area contributed by atoms with Crippen LogP contribution in [0.5, 0.6) is 0 Å². The van der Waals surface area contributed by atoms with Crippen LogP contribution in [0.4, 0.5) is 0 Å². The quantitative estimate of drug-likeness (QED) is 0.305. The average Bonchev–Trinajstić information content (AvgIpc) is 3.74. The maximum atomic E-state index is 4.87. The number of rotatable bonds is 6. The molecule has 1 aromatic carbocycles. The van der Waals surface area contributed by atoms with Crippen LogP contribution in [0.25, 0.3) is 39.8 Å². The highest BCUT2D eigenvalue weighted by molar-refractivity contribution is 7.08. The van der Waals surface area contributed by atoms with Crippen LogP contribution in [-0.4, -0.2) is 52.5 Å². The topological polar surface area (TPSA) is 87.9 Å². The molecule has 0 saturated carbocycles. The highest BCUT2D eigenvalue weighted by Gasteiger charge is 2.24. The molecule has 1 N–H and O–H groups in total. The van der Waals surface area contributed by atoms with Gasteiger partial charge in [-0.15, -0.1) is 0 Å². The lowest BCUT2D eigenvalue weighted by Gasteiger charge is -2.30. The Labute approximate surface area is 224 Å². The van der Waals surface area contributed by atoms with Gasteiger partial charge in [0.15, 0.2) is 11.6 Å². The number of hydrogen-bond acceptors (Lipinski definition) is 7. The number of pyridine rings is 1. The largest absolute Gasteiger partial charge is 0.299 e. The lowest BCUT2D eigenvalue weighted by Crippen LogP contribution is -2.32. The molecule has 6 heterocycles. The Morgan fingerprint density at radius 1 is 0.895 bits per heavy atom. The molecule has 5 aromatic heterocycles. The molecule has 7 rings (SSSR count). The molecule has 8 nitrogen and oxygen atoms in total. The van der Waals surface area contributed by atoms with Crippen molar-refractivity contribution in [3.8, 4) is 34.0 Å². The summed E-state index contributed by atoms with van der Waals surface area (Å²) in [6, 6.07) is 18.7. The molecule has 0 bridgehead atoms. The predicted octanol–water partition coefficient (Wildman–Crippen LogP) is 5.68. The number of likely N-dealkylation sites (tertiary alicyclic amines) is 1. The minimum Gasteiger partial charge on any atom is -0.299 e. The maximum absolute atomic E-state index is 4.87. The normalized spacial score (nSPS) is 14.8. The molecule has 188 valence electrons. The number of imidazole rings is 1. The number of fused-ring (bicyclic) bond motifs is 1.